The number of aryl methyl sites for hydroxylation is 1. The van der Waals surface area contributed by atoms with E-state index in [1.54, 1.807) is 0 Å². The van der Waals surface area contributed by atoms with Gasteiger partial charge in [-0.15, -0.1) is 0 Å². The maximum atomic E-state index is 13.2. The van der Waals surface area contributed by atoms with Gasteiger partial charge in [-0.25, -0.2) is 4.98 Å². The molecular weight excluding hydrogens is 362 g/mol. The van der Waals surface area contributed by atoms with Crippen molar-refractivity contribution < 1.29 is 9.53 Å². The second-order valence-electron chi connectivity index (χ2n) is 7.55. The first-order valence-corrected chi connectivity index (χ1v) is 10.2. The fourth-order valence-electron chi connectivity index (χ4n) is 3.83. The highest BCUT2D eigenvalue weighted by Gasteiger charge is 2.19. The molecule has 0 unspecified atom stereocenters. The Morgan fingerprint density at radius 3 is 2.55 bits per heavy atom. The number of pyridine rings is 1. The number of amides is 1. The van der Waals surface area contributed by atoms with Crippen molar-refractivity contribution >= 4 is 16.8 Å². The zero-order valence-electron chi connectivity index (χ0n) is 17.1. The number of morpholine rings is 1. The van der Waals surface area contributed by atoms with Crippen molar-refractivity contribution in [1.82, 2.24) is 15.2 Å². The molecule has 5 heteroatoms. The Bertz CT molecular complexity index is 1010. The Labute approximate surface area is 171 Å². The molecule has 1 aliphatic rings. The van der Waals surface area contributed by atoms with Crippen LogP contribution in [0.4, 0.5) is 0 Å². The van der Waals surface area contributed by atoms with E-state index < -0.39 is 0 Å². The van der Waals surface area contributed by atoms with Gasteiger partial charge in [0.05, 0.1) is 30.0 Å². The number of nitrogens with one attached hydrogen (secondary N) is 1. The molecule has 3 aromatic rings. The molecule has 2 heterocycles. The molecule has 2 aromatic carbocycles. The van der Waals surface area contributed by atoms with Crippen LogP contribution in [0.1, 0.15) is 21.5 Å². The van der Waals surface area contributed by atoms with Crippen LogP contribution >= 0.6 is 0 Å². The molecule has 0 saturated carbocycles. The van der Waals surface area contributed by atoms with Crippen LogP contribution < -0.4 is 5.32 Å². The smallest absolute Gasteiger partial charge is 0.252 e. The van der Waals surface area contributed by atoms with Gasteiger partial charge in [-0.2, -0.15) is 0 Å². The molecule has 0 atom stereocenters. The van der Waals surface area contributed by atoms with Gasteiger partial charge in [0.15, 0.2) is 0 Å². The Hall–Kier alpha value is -2.76. The summed E-state index contributed by atoms with van der Waals surface area (Å²) in [6, 6.07) is 16.2. The van der Waals surface area contributed by atoms with Crippen LogP contribution in [0.15, 0.2) is 48.5 Å². The third kappa shape index (κ3) is 4.31. The highest BCUT2D eigenvalue weighted by atomic mass is 16.5. The quantitative estimate of drug-likeness (QED) is 0.725. The molecule has 29 heavy (non-hydrogen) atoms. The first-order chi connectivity index (χ1) is 14.1. The number of carbonyl (C=O) groups is 1. The lowest BCUT2D eigenvalue weighted by Gasteiger charge is -2.26. The lowest BCUT2D eigenvalue weighted by molar-refractivity contribution is 0.0383. The van der Waals surface area contributed by atoms with Gasteiger partial charge in [-0.05, 0) is 25.5 Å². The van der Waals surface area contributed by atoms with E-state index in [4.69, 9.17) is 9.72 Å². The van der Waals surface area contributed by atoms with Crippen LogP contribution in [-0.2, 0) is 4.74 Å². The third-order valence-corrected chi connectivity index (χ3v) is 5.51. The predicted molar refractivity (Wildman–Crippen MR) is 116 cm³/mol. The molecule has 0 radical (unpaired) electrons. The van der Waals surface area contributed by atoms with E-state index in [-0.39, 0.29) is 5.91 Å². The zero-order chi connectivity index (χ0) is 20.2. The summed E-state index contributed by atoms with van der Waals surface area (Å²) in [6.07, 6.45) is 0. The number of ether oxygens (including phenoxy) is 1. The molecule has 5 nitrogen and oxygen atoms in total. The molecule has 150 valence electrons. The Balaban J connectivity index is 1.63. The van der Waals surface area contributed by atoms with E-state index in [9.17, 15) is 4.79 Å². The number of hydrogen-bond acceptors (Lipinski definition) is 4. The number of para-hydroxylation sites is 1. The maximum absolute atomic E-state index is 13.2. The molecule has 4 rings (SSSR count). The van der Waals surface area contributed by atoms with Crippen LogP contribution in [0.25, 0.3) is 22.2 Å². The van der Waals surface area contributed by atoms with Crippen molar-refractivity contribution in [3.63, 3.8) is 0 Å². The molecule has 1 aliphatic heterocycles. The topological polar surface area (TPSA) is 54.5 Å². The second kappa shape index (κ2) is 8.72. The first-order valence-electron chi connectivity index (χ1n) is 10.2. The number of rotatable bonds is 5. The summed E-state index contributed by atoms with van der Waals surface area (Å²) in [5, 5.41) is 4.01. The normalized spacial score (nSPS) is 14.8. The first kappa shape index (κ1) is 19.6. The number of nitrogens with zero attached hydrogens (tertiary/aromatic N) is 2. The molecule has 1 saturated heterocycles. The Morgan fingerprint density at radius 2 is 1.79 bits per heavy atom. The number of carbonyl (C=O) groups excluding carboxylic acids is 1. The molecular formula is C24H27N3O2. The van der Waals surface area contributed by atoms with E-state index in [1.807, 2.05) is 31.2 Å². The van der Waals surface area contributed by atoms with E-state index in [0.717, 1.165) is 60.6 Å². The average molecular weight is 389 g/mol. The van der Waals surface area contributed by atoms with Gasteiger partial charge < -0.3 is 10.1 Å². The summed E-state index contributed by atoms with van der Waals surface area (Å²) < 4.78 is 5.39. The second-order valence-corrected chi connectivity index (χ2v) is 7.55. The minimum absolute atomic E-state index is 0.0391. The standard InChI is InChI=1S/C24H27N3O2/c1-17-7-9-19(10-8-17)23-18(2)22(20-5-3-4-6-21(20)26-23)24(28)25-11-12-27-13-15-29-16-14-27/h3-10H,11-16H2,1-2H3,(H,25,28). The highest BCUT2D eigenvalue weighted by molar-refractivity contribution is 6.08. The largest absolute Gasteiger partial charge is 0.379 e. The summed E-state index contributed by atoms with van der Waals surface area (Å²) in [6.45, 7) is 8.89. The summed E-state index contributed by atoms with van der Waals surface area (Å²) in [5.74, 6) is -0.0391. The summed E-state index contributed by atoms with van der Waals surface area (Å²) in [4.78, 5) is 20.4. The van der Waals surface area contributed by atoms with Crippen LogP contribution in [0.3, 0.4) is 0 Å². The fraction of sp³-hybridized carbons (Fsp3) is 0.333. The van der Waals surface area contributed by atoms with Gasteiger partial charge in [0.1, 0.15) is 0 Å². The van der Waals surface area contributed by atoms with Crippen LogP contribution in [0, 0.1) is 13.8 Å². The van der Waals surface area contributed by atoms with Crippen LogP contribution in [0.2, 0.25) is 0 Å². The van der Waals surface area contributed by atoms with Gasteiger partial charge in [0.25, 0.3) is 5.91 Å². The molecule has 1 aromatic heterocycles. The minimum atomic E-state index is -0.0391. The van der Waals surface area contributed by atoms with Crippen molar-refractivity contribution in [3.05, 3.63) is 65.2 Å². The Morgan fingerprint density at radius 1 is 1.07 bits per heavy atom. The average Bonchev–Trinajstić information content (AvgIpc) is 2.74. The minimum Gasteiger partial charge on any atom is -0.379 e. The molecule has 1 fully saturated rings. The SMILES string of the molecule is Cc1ccc(-c2nc3ccccc3c(C(=O)NCCN3CCOCC3)c2C)cc1. The van der Waals surface area contributed by atoms with Gasteiger partial charge in [-0.1, -0.05) is 48.0 Å². The van der Waals surface area contributed by atoms with Gasteiger partial charge in [0, 0.05) is 37.1 Å². The number of aromatic nitrogens is 1. The van der Waals surface area contributed by atoms with Crippen molar-refractivity contribution in [2.75, 3.05) is 39.4 Å². The molecule has 0 bridgehead atoms. The Kier molecular flexibility index (Phi) is 5.88. The lowest BCUT2D eigenvalue weighted by atomic mass is 9.97. The summed E-state index contributed by atoms with van der Waals surface area (Å²) in [7, 11) is 0. The fourth-order valence-corrected chi connectivity index (χ4v) is 3.83. The molecule has 0 spiro atoms. The van der Waals surface area contributed by atoms with Gasteiger partial charge in [-0.3, -0.25) is 9.69 Å². The van der Waals surface area contributed by atoms with Crippen LogP contribution in [0.5, 0.6) is 0 Å². The third-order valence-electron chi connectivity index (χ3n) is 5.51. The van der Waals surface area contributed by atoms with Crippen LogP contribution in [-0.4, -0.2) is 55.2 Å². The van der Waals surface area contributed by atoms with Gasteiger partial charge in [0.2, 0.25) is 0 Å². The van der Waals surface area contributed by atoms with E-state index in [2.05, 4.69) is 41.4 Å². The van der Waals surface area contributed by atoms with Crippen molar-refractivity contribution in [1.29, 1.82) is 0 Å². The van der Waals surface area contributed by atoms with E-state index in [0.29, 0.717) is 12.1 Å². The summed E-state index contributed by atoms with van der Waals surface area (Å²) >= 11 is 0. The van der Waals surface area contributed by atoms with Crippen molar-refractivity contribution in [2.45, 2.75) is 13.8 Å². The number of fused-ring (bicyclic) bond motifs is 1. The molecule has 1 amide bonds. The monoisotopic (exact) mass is 389 g/mol. The van der Waals surface area contributed by atoms with Crippen molar-refractivity contribution in [2.24, 2.45) is 0 Å². The van der Waals surface area contributed by atoms with E-state index in [1.165, 1.54) is 5.56 Å². The number of benzene rings is 2. The zero-order valence-corrected chi connectivity index (χ0v) is 17.1. The van der Waals surface area contributed by atoms with E-state index >= 15 is 0 Å². The predicted octanol–water partition coefficient (Wildman–Crippen LogP) is 3.58. The number of hydrogen-bond donors (Lipinski definition) is 1. The molecule has 1 N–H and O–H groups in total. The van der Waals surface area contributed by atoms with Crippen molar-refractivity contribution in [3.8, 4) is 11.3 Å². The maximum Gasteiger partial charge on any atom is 0.252 e. The van der Waals surface area contributed by atoms with Gasteiger partial charge >= 0.3 is 0 Å². The summed E-state index contributed by atoms with van der Waals surface area (Å²) in [5.41, 5.74) is 5.56. The highest BCUT2D eigenvalue weighted by Crippen LogP contribution is 2.29. The molecule has 0 aliphatic carbocycles. The lowest BCUT2D eigenvalue weighted by Crippen LogP contribution is -2.41.